The summed E-state index contributed by atoms with van der Waals surface area (Å²) in [7, 11) is 0. The van der Waals surface area contributed by atoms with Gasteiger partial charge in [0.15, 0.2) is 0 Å². The Hall–Kier alpha value is -1.55. The number of benzene rings is 1. The Morgan fingerprint density at radius 2 is 2.24 bits per heavy atom. The largest absolute Gasteiger partial charge is 0.341 e. The number of likely N-dealkylation sites (tertiary alicyclic amines) is 1. The summed E-state index contributed by atoms with van der Waals surface area (Å²) in [6.07, 6.45) is 2.45. The number of hydrazine groups is 1. The first-order valence-corrected chi connectivity index (χ1v) is 6.18. The van der Waals surface area contributed by atoms with Crippen molar-refractivity contribution in [3.8, 4) is 0 Å². The van der Waals surface area contributed by atoms with Crippen molar-refractivity contribution in [2.75, 3.05) is 13.1 Å². The van der Waals surface area contributed by atoms with Gasteiger partial charge in [-0.1, -0.05) is 31.5 Å². The average molecular weight is 232 g/mol. The monoisotopic (exact) mass is 232 g/mol. The lowest BCUT2D eigenvalue weighted by Gasteiger charge is -2.19. The summed E-state index contributed by atoms with van der Waals surface area (Å²) in [6, 6.07) is 9.89. The van der Waals surface area contributed by atoms with E-state index in [2.05, 4.69) is 22.2 Å². The van der Waals surface area contributed by atoms with Crippen LogP contribution in [0, 0.1) is 5.92 Å². The van der Waals surface area contributed by atoms with E-state index in [-0.39, 0.29) is 0 Å². The Morgan fingerprint density at radius 1 is 1.47 bits per heavy atom. The van der Waals surface area contributed by atoms with Crippen LogP contribution in [0.4, 0.5) is 5.69 Å². The van der Waals surface area contributed by atoms with Gasteiger partial charge in [0.2, 0.25) is 5.96 Å². The molecule has 0 aromatic heterocycles. The maximum atomic E-state index is 5.56. The van der Waals surface area contributed by atoms with Crippen LogP contribution in [0.2, 0.25) is 0 Å². The number of rotatable bonds is 2. The standard InChI is InChI=1S/C13H20N4/c1-2-11-8-9-17(10-11)13(16-14)15-12-6-4-3-5-7-12/h3-7,11H,2,8-10,14H2,1H3,(H,15,16). The van der Waals surface area contributed by atoms with Crippen LogP contribution in [0.15, 0.2) is 35.3 Å². The second kappa shape index (κ2) is 5.68. The molecule has 4 heteroatoms. The number of nitrogens with two attached hydrogens (primary N) is 1. The molecule has 0 amide bonds. The molecule has 1 atom stereocenters. The molecule has 3 N–H and O–H groups in total. The third-order valence-corrected chi connectivity index (χ3v) is 3.28. The fraction of sp³-hybridized carbons (Fsp3) is 0.462. The zero-order valence-electron chi connectivity index (χ0n) is 10.3. The van der Waals surface area contributed by atoms with Gasteiger partial charge in [-0.3, -0.25) is 5.43 Å². The zero-order valence-corrected chi connectivity index (χ0v) is 10.3. The molecule has 17 heavy (non-hydrogen) atoms. The summed E-state index contributed by atoms with van der Waals surface area (Å²) in [4.78, 5) is 6.76. The van der Waals surface area contributed by atoms with Crippen LogP contribution >= 0.6 is 0 Å². The van der Waals surface area contributed by atoms with Gasteiger partial charge in [0, 0.05) is 13.1 Å². The molecule has 1 heterocycles. The molecule has 1 fully saturated rings. The number of hydrogen-bond donors (Lipinski definition) is 2. The van der Waals surface area contributed by atoms with Crippen LogP contribution in [-0.2, 0) is 0 Å². The lowest BCUT2D eigenvalue weighted by atomic mass is 10.1. The van der Waals surface area contributed by atoms with E-state index in [4.69, 9.17) is 5.84 Å². The highest BCUT2D eigenvalue weighted by Crippen LogP contribution is 2.20. The molecule has 1 aromatic carbocycles. The topological polar surface area (TPSA) is 53.6 Å². The fourth-order valence-electron chi connectivity index (χ4n) is 2.18. The molecule has 4 nitrogen and oxygen atoms in total. The zero-order chi connectivity index (χ0) is 12.1. The molecule has 0 bridgehead atoms. The highest BCUT2D eigenvalue weighted by Gasteiger charge is 2.23. The molecular formula is C13H20N4. The first kappa shape index (κ1) is 11.9. The van der Waals surface area contributed by atoms with Crippen molar-refractivity contribution in [1.82, 2.24) is 10.3 Å². The normalized spacial score (nSPS) is 20.7. The first-order chi connectivity index (χ1) is 8.33. The van der Waals surface area contributed by atoms with E-state index in [1.165, 1.54) is 12.8 Å². The molecule has 0 radical (unpaired) electrons. The molecule has 0 spiro atoms. The van der Waals surface area contributed by atoms with Gasteiger partial charge >= 0.3 is 0 Å². The lowest BCUT2D eigenvalue weighted by molar-refractivity contribution is 0.458. The van der Waals surface area contributed by atoms with Crippen molar-refractivity contribution in [2.45, 2.75) is 19.8 Å². The molecular weight excluding hydrogens is 212 g/mol. The molecule has 0 saturated carbocycles. The van der Waals surface area contributed by atoms with Crippen LogP contribution in [-0.4, -0.2) is 23.9 Å². The van der Waals surface area contributed by atoms with Gasteiger partial charge in [-0.15, -0.1) is 0 Å². The Kier molecular flexibility index (Phi) is 3.98. The molecule has 2 rings (SSSR count). The molecule has 1 aromatic rings. The average Bonchev–Trinajstić information content (AvgIpc) is 2.86. The SMILES string of the molecule is CCC1CCN(C(=Nc2ccccc2)NN)C1. The predicted octanol–water partition coefficient (Wildman–Crippen LogP) is 1.87. The number of hydrogen-bond acceptors (Lipinski definition) is 2. The van der Waals surface area contributed by atoms with Crippen LogP contribution in [0.25, 0.3) is 0 Å². The predicted molar refractivity (Wildman–Crippen MR) is 70.8 cm³/mol. The number of guanidine groups is 1. The minimum Gasteiger partial charge on any atom is -0.341 e. The third kappa shape index (κ3) is 2.97. The van der Waals surface area contributed by atoms with Crippen molar-refractivity contribution in [2.24, 2.45) is 16.8 Å². The first-order valence-electron chi connectivity index (χ1n) is 6.18. The van der Waals surface area contributed by atoms with Gasteiger partial charge in [-0.25, -0.2) is 10.8 Å². The molecule has 1 unspecified atom stereocenters. The third-order valence-electron chi connectivity index (χ3n) is 3.28. The summed E-state index contributed by atoms with van der Waals surface area (Å²) in [5, 5.41) is 0. The van der Waals surface area contributed by atoms with Crippen LogP contribution in [0.3, 0.4) is 0 Å². The van der Waals surface area contributed by atoms with Gasteiger partial charge in [-0.05, 0) is 24.5 Å². The van der Waals surface area contributed by atoms with E-state index < -0.39 is 0 Å². The van der Waals surface area contributed by atoms with Crippen molar-refractivity contribution in [3.05, 3.63) is 30.3 Å². The summed E-state index contributed by atoms with van der Waals surface area (Å²) in [6.45, 7) is 4.32. The second-order valence-electron chi connectivity index (χ2n) is 4.42. The van der Waals surface area contributed by atoms with Crippen molar-refractivity contribution >= 4 is 11.6 Å². The number of nitrogens with zero attached hydrogens (tertiary/aromatic N) is 2. The summed E-state index contributed by atoms with van der Waals surface area (Å²) < 4.78 is 0. The number of aliphatic imine (C=N–C) groups is 1. The molecule has 1 aliphatic heterocycles. The quantitative estimate of drug-likeness (QED) is 0.354. The van der Waals surface area contributed by atoms with E-state index in [1.807, 2.05) is 30.3 Å². The summed E-state index contributed by atoms with van der Waals surface area (Å²) >= 11 is 0. The van der Waals surface area contributed by atoms with Gasteiger partial charge < -0.3 is 4.90 Å². The fourth-order valence-corrected chi connectivity index (χ4v) is 2.18. The highest BCUT2D eigenvalue weighted by atomic mass is 15.4. The Labute approximate surface area is 102 Å². The van der Waals surface area contributed by atoms with Crippen molar-refractivity contribution < 1.29 is 0 Å². The Morgan fingerprint density at radius 3 is 2.82 bits per heavy atom. The van der Waals surface area contributed by atoms with Crippen molar-refractivity contribution in [1.29, 1.82) is 0 Å². The van der Waals surface area contributed by atoms with E-state index in [0.717, 1.165) is 30.7 Å². The van der Waals surface area contributed by atoms with E-state index in [9.17, 15) is 0 Å². The van der Waals surface area contributed by atoms with Gasteiger partial charge in [0.25, 0.3) is 0 Å². The van der Waals surface area contributed by atoms with E-state index in [1.54, 1.807) is 0 Å². The minimum atomic E-state index is 0.768. The number of para-hydroxylation sites is 1. The van der Waals surface area contributed by atoms with Gasteiger partial charge in [0.1, 0.15) is 0 Å². The molecule has 1 saturated heterocycles. The molecule has 1 aliphatic rings. The number of nitrogens with one attached hydrogen (secondary N) is 1. The summed E-state index contributed by atoms with van der Waals surface area (Å²) in [5.74, 6) is 7.10. The van der Waals surface area contributed by atoms with Crippen LogP contribution in [0.5, 0.6) is 0 Å². The molecule has 0 aliphatic carbocycles. The Bertz CT molecular complexity index is 374. The van der Waals surface area contributed by atoms with Gasteiger partial charge in [-0.2, -0.15) is 0 Å². The lowest BCUT2D eigenvalue weighted by Crippen LogP contribution is -2.43. The molecule has 92 valence electrons. The Balaban J connectivity index is 2.09. The maximum absolute atomic E-state index is 5.56. The van der Waals surface area contributed by atoms with Crippen molar-refractivity contribution in [3.63, 3.8) is 0 Å². The van der Waals surface area contributed by atoms with Crippen LogP contribution < -0.4 is 11.3 Å². The summed E-state index contributed by atoms with van der Waals surface area (Å²) in [5.41, 5.74) is 3.64. The highest BCUT2D eigenvalue weighted by molar-refractivity contribution is 5.82. The van der Waals surface area contributed by atoms with E-state index in [0.29, 0.717) is 0 Å². The maximum Gasteiger partial charge on any atom is 0.213 e. The second-order valence-corrected chi connectivity index (χ2v) is 4.42. The minimum absolute atomic E-state index is 0.768. The van der Waals surface area contributed by atoms with E-state index >= 15 is 0 Å². The van der Waals surface area contributed by atoms with Gasteiger partial charge in [0.05, 0.1) is 5.69 Å². The smallest absolute Gasteiger partial charge is 0.213 e. The van der Waals surface area contributed by atoms with Crippen LogP contribution in [0.1, 0.15) is 19.8 Å².